The maximum atomic E-state index is 13.1. The fraction of sp³-hybridized carbons (Fsp3) is 0.364. The first-order chi connectivity index (χ1) is 13.8. The van der Waals surface area contributed by atoms with Crippen molar-refractivity contribution in [1.29, 1.82) is 0 Å². The molecule has 0 saturated carbocycles. The van der Waals surface area contributed by atoms with E-state index in [4.69, 9.17) is 9.47 Å². The standard InChI is InChI=1S/C22H26N2O4S/c1-12-10-16(13(2)23-12)6-8-28-22(26)19-15(4)24-14(3)18(21(25)27-5)20(19)17-7-9-29-11-17/h7,9-11,20,23-24H,6,8H2,1-5H3. The highest BCUT2D eigenvalue weighted by Gasteiger charge is 2.37. The fourth-order valence-electron chi connectivity index (χ4n) is 3.79. The van der Waals surface area contributed by atoms with Gasteiger partial charge in [0, 0.05) is 29.2 Å². The van der Waals surface area contributed by atoms with E-state index in [1.54, 1.807) is 0 Å². The number of aryl methyl sites for hydroxylation is 2. The van der Waals surface area contributed by atoms with Crippen molar-refractivity contribution in [3.05, 3.63) is 67.9 Å². The predicted octanol–water partition coefficient (Wildman–Crippen LogP) is 3.89. The van der Waals surface area contributed by atoms with E-state index in [0.717, 1.165) is 22.5 Å². The third kappa shape index (κ3) is 4.29. The predicted molar refractivity (Wildman–Crippen MR) is 113 cm³/mol. The van der Waals surface area contributed by atoms with E-state index >= 15 is 0 Å². The van der Waals surface area contributed by atoms with E-state index in [-0.39, 0.29) is 6.61 Å². The van der Waals surface area contributed by atoms with Crippen molar-refractivity contribution in [2.75, 3.05) is 13.7 Å². The second-order valence-electron chi connectivity index (χ2n) is 7.17. The molecule has 0 aromatic carbocycles. The number of H-pyrrole nitrogens is 1. The Balaban J connectivity index is 1.85. The van der Waals surface area contributed by atoms with Gasteiger partial charge in [-0.2, -0.15) is 11.3 Å². The zero-order valence-electron chi connectivity index (χ0n) is 17.3. The average Bonchev–Trinajstić information content (AvgIpc) is 3.30. The van der Waals surface area contributed by atoms with Crippen molar-refractivity contribution >= 4 is 23.3 Å². The molecule has 1 atom stereocenters. The largest absolute Gasteiger partial charge is 0.466 e. The maximum Gasteiger partial charge on any atom is 0.336 e. The minimum absolute atomic E-state index is 0.264. The lowest BCUT2D eigenvalue weighted by atomic mass is 9.81. The number of aromatic nitrogens is 1. The number of esters is 2. The van der Waals surface area contributed by atoms with E-state index in [0.29, 0.717) is 29.0 Å². The summed E-state index contributed by atoms with van der Waals surface area (Å²) in [6.07, 6.45) is 0.628. The van der Waals surface area contributed by atoms with Gasteiger partial charge in [-0.3, -0.25) is 0 Å². The van der Waals surface area contributed by atoms with Crippen LogP contribution in [0.15, 0.2) is 45.4 Å². The van der Waals surface area contributed by atoms with Gasteiger partial charge in [0.15, 0.2) is 0 Å². The van der Waals surface area contributed by atoms with Gasteiger partial charge in [0.2, 0.25) is 0 Å². The van der Waals surface area contributed by atoms with Gasteiger partial charge in [0.1, 0.15) is 0 Å². The van der Waals surface area contributed by atoms with E-state index in [9.17, 15) is 9.59 Å². The Bertz CT molecular complexity index is 983. The number of allylic oxidation sites excluding steroid dienone is 2. The summed E-state index contributed by atoms with van der Waals surface area (Å²) in [5.74, 6) is -1.40. The topological polar surface area (TPSA) is 80.4 Å². The summed E-state index contributed by atoms with van der Waals surface area (Å²) < 4.78 is 10.6. The van der Waals surface area contributed by atoms with Crippen molar-refractivity contribution < 1.29 is 19.1 Å². The molecule has 0 spiro atoms. The number of dihydropyridines is 1. The lowest BCUT2D eigenvalue weighted by molar-refractivity contribution is -0.139. The summed E-state index contributed by atoms with van der Waals surface area (Å²) in [6.45, 7) is 7.91. The van der Waals surface area contributed by atoms with Crippen molar-refractivity contribution in [1.82, 2.24) is 10.3 Å². The Labute approximate surface area is 174 Å². The number of thiophene rings is 1. The van der Waals surface area contributed by atoms with Crippen LogP contribution in [0.5, 0.6) is 0 Å². The lowest BCUT2D eigenvalue weighted by Gasteiger charge is -2.29. The highest BCUT2D eigenvalue weighted by atomic mass is 32.1. The number of carbonyl (C=O) groups excluding carboxylic acids is 2. The normalized spacial score (nSPS) is 16.7. The molecule has 1 unspecified atom stereocenters. The van der Waals surface area contributed by atoms with Crippen LogP contribution < -0.4 is 5.32 Å². The molecule has 3 rings (SSSR count). The van der Waals surface area contributed by atoms with Crippen LogP contribution >= 0.6 is 11.3 Å². The number of methoxy groups -OCH3 is 1. The molecule has 0 radical (unpaired) electrons. The van der Waals surface area contributed by atoms with Crippen molar-refractivity contribution in [2.24, 2.45) is 0 Å². The molecule has 0 saturated heterocycles. The summed E-state index contributed by atoms with van der Waals surface area (Å²) in [7, 11) is 1.34. The van der Waals surface area contributed by atoms with E-state index in [2.05, 4.69) is 16.4 Å². The molecule has 2 N–H and O–H groups in total. The molecule has 0 bridgehead atoms. The van der Waals surface area contributed by atoms with Gasteiger partial charge in [-0.25, -0.2) is 9.59 Å². The van der Waals surface area contributed by atoms with Crippen molar-refractivity contribution in [3.63, 3.8) is 0 Å². The zero-order valence-corrected chi connectivity index (χ0v) is 18.2. The minimum Gasteiger partial charge on any atom is -0.466 e. The summed E-state index contributed by atoms with van der Waals surface area (Å²) in [6, 6.07) is 3.98. The Morgan fingerprint density at radius 2 is 1.79 bits per heavy atom. The molecular formula is C22H26N2O4S. The molecule has 1 aliphatic heterocycles. The molecule has 7 heteroatoms. The van der Waals surface area contributed by atoms with Gasteiger partial charge in [-0.05, 0) is 61.7 Å². The SMILES string of the molecule is COC(=O)C1=C(C)NC(C)=C(C(=O)OCCc2cc(C)[nH]c2C)C1c1ccsc1. The van der Waals surface area contributed by atoms with Crippen LogP contribution in [0.3, 0.4) is 0 Å². The molecule has 6 nitrogen and oxygen atoms in total. The smallest absolute Gasteiger partial charge is 0.336 e. The first-order valence-electron chi connectivity index (χ1n) is 9.44. The zero-order chi connectivity index (χ0) is 21.1. The van der Waals surface area contributed by atoms with Crippen LogP contribution in [-0.2, 0) is 25.5 Å². The monoisotopic (exact) mass is 414 g/mol. The van der Waals surface area contributed by atoms with Gasteiger partial charge < -0.3 is 19.8 Å². The van der Waals surface area contributed by atoms with Gasteiger partial charge in [-0.15, -0.1) is 0 Å². The Kier molecular flexibility index (Phi) is 6.27. The Hall–Kier alpha value is -2.80. The molecular weight excluding hydrogens is 388 g/mol. The first-order valence-corrected chi connectivity index (χ1v) is 10.4. The number of hydrogen-bond donors (Lipinski definition) is 2. The van der Waals surface area contributed by atoms with Gasteiger partial charge >= 0.3 is 11.9 Å². The van der Waals surface area contributed by atoms with E-state index in [1.165, 1.54) is 18.4 Å². The van der Waals surface area contributed by atoms with Crippen molar-refractivity contribution in [3.8, 4) is 0 Å². The molecule has 2 aromatic rings. The lowest BCUT2D eigenvalue weighted by Crippen LogP contribution is -2.32. The summed E-state index contributed by atoms with van der Waals surface area (Å²) in [4.78, 5) is 28.8. The second-order valence-corrected chi connectivity index (χ2v) is 7.95. The van der Waals surface area contributed by atoms with Crippen LogP contribution in [0.1, 0.15) is 42.3 Å². The highest BCUT2D eigenvalue weighted by molar-refractivity contribution is 7.08. The minimum atomic E-state index is -0.515. The van der Waals surface area contributed by atoms with E-state index < -0.39 is 17.9 Å². The summed E-state index contributed by atoms with van der Waals surface area (Å²) >= 11 is 1.52. The number of rotatable bonds is 6. The number of nitrogens with one attached hydrogen (secondary N) is 2. The third-order valence-electron chi connectivity index (χ3n) is 5.12. The molecule has 0 aliphatic carbocycles. The number of aromatic amines is 1. The van der Waals surface area contributed by atoms with Crippen LogP contribution in [0, 0.1) is 13.8 Å². The molecule has 2 aromatic heterocycles. The van der Waals surface area contributed by atoms with E-state index in [1.807, 2.05) is 44.5 Å². The molecule has 1 aliphatic rings. The van der Waals surface area contributed by atoms with Crippen LogP contribution in [0.2, 0.25) is 0 Å². The molecule has 0 amide bonds. The summed E-state index contributed by atoms with van der Waals surface area (Å²) in [5, 5.41) is 7.01. The van der Waals surface area contributed by atoms with Crippen LogP contribution in [-0.4, -0.2) is 30.6 Å². The fourth-order valence-corrected chi connectivity index (χ4v) is 4.48. The molecule has 3 heterocycles. The third-order valence-corrected chi connectivity index (χ3v) is 5.83. The molecule has 0 fully saturated rings. The highest BCUT2D eigenvalue weighted by Crippen LogP contribution is 2.39. The average molecular weight is 415 g/mol. The second kappa shape index (κ2) is 8.69. The Morgan fingerprint density at radius 1 is 1.10 bits per heavy atom. The molecule has 29 heavy (non-hydrogen) atoms. The number of hydrogen-bond acceptors (Lipinski definition) is 6. The summed E-state index contributed by atoms with van der Waals surface area (Å²) in [5.41, 5.74) is 6.40. The van der Waals surface area contributed by atoms with Crippen molar-refractivity contribution in [2.45, 2.75) is 40.0 Å². The van der Waals surface area contributed by atoms with Gasteiger partial charge in [0.05, 0.1) is 30.8 Å². The maximum absolute atomic E-state index is 13.1. The number of carbonyl (C=O) groups is 2. The van der Waals surface area contributed by atoms with Crippen LogP contribution in [0.25, 0.3) is 0 Å². The number of ether oxygens (including phenoxy) is 2. The quantitative estimate of drug-likeness (QED) is 0.701. The Morgan fingerprint density at radius 3 is 2.34 bits per heavy atom. The van der Waals surface area contributed by atoms with Gasteiger partial charge in [-0.1, -0.05) is 0 Å². The molecule has 154 valence electrons. The van der Waals surface area contributed by atoms with Crippen LogP contribution in [0.4, 0.5) is 0 Å². The van der Waals surface area contributed by atoms with Gasteiger partial charge in [0.25, 0.3) is 0 Å². The first kappa shape index (κ1) is 20.9.